The van der Waals surface area contributed by atoms with E-state index in [2.05, 4.69) is 0 Å². The number of hydrogen-bond acceptors (Lipinski definition) is 2. The van der Waals surface area contributed by atoms with E-state index >= 15 is 0 Å². The third-order valence-electron chi connectivity index (χ3n) is 1.05. The van der Waals surface area contributed by atoms with E-state index in [0.29, 0.717) is 0 Å². The summed E-state index contributed by atoms with van der Waals surface area (Å²) in [5.41, 5.74) is 0. The molecule has 0 aliphatic carbocycles. The van der Waals surface area contributed by atoms with Gasteiger partial charge in [0.25, 0.3) is 0 Å². The molecule has 3 heteroatoms. The summed E-state index contributed by atoms with van der Waals surface area (Å²) in [5, 5.41) is 0.755. The molecule has 0 aromatic rings. The van der Waals surface area contributed by atoms with E-state index in [0.717, 1.165) is 18.1 Å². The molecule has 0 atom stereocenters. The van der Waals surface area contributed by atoms with Crippen molar-refractivity contribution in [2.24, 2.45) is 0 Å². The van der Waals surface area contributed by atoms with Crippen molar-refractivity contribution in [2.45, 2.75) is 25.8 Å². The van der Waals surface area contributed by atoms with E-state index in [9.17, 15) is 0 Å². The fourth-order valence-electron chi connectivity index (χ4n) is 0.432. The molecule has 0 saturated heterocycles. The van der Waals surface area contributed by atoms with Crippen molar-refractivity contribution in [2.75, 3.05) is 6.61 Å². The zero-order valence-corrected chi connectivity index (χ0v) is 8.96. The number of ether oxygens (including phenoxy) is 1. The first-order chi connectivity index (χ1) is 4.31. The van der Waals surface area contributed by atoms with Gasteiger partial charge in [0.15, 0.2) is 5.05 Å². The molecule has 0 radical (unpaired) electrons. The van der Waals surface area contributed by atoms with Crippen LogP contribution in [0, 0.1) is 0 Å². The maximum absolute atomic E-state index is 5.19. The summed E-state index contributed by atoms with van der Waals surface area (Å²) in [6, 6.07) is 1.31. The van der Waals surface area contributed by atoms with Gasteiger partial charge >= 0.3 is 0 Å². The molecule has 0 fully saturated rings. The molecule has 9 heavy (non-hydrogen) atoms. The van der Waals surface area contributed by atoms with Gasteiger partial charge in [0.2, 0.25) is 0 Å². The molecule has 0 rings (SSSR count). The van der Waals surface area contributed by atoms with Crippen LogP contribution in [0.3, 0.4) is 0 Å². The van der Waals surface area contributed by atoms with Crippen molar-refractivity contribution in [3.63, 3.8) is 0 Å². The van der Waals surface area contributed by atoms with E-state index in [-0.39, 0.29) is 0 Å². The topological polar surface area (TPSA) is 9.23 Å². The molecule has 0 aliphatic heterocycles. The van der Waals surface area contributed by atoms with Gasteiger partial charge in [0.05, 0.1) is 6.61 Å². The predicted octanol–water partition coefficient (Wildman–Crippen LogP) is 0.914. The molecule has 0 unspecified atom stereocenters. The van der Waals surface area contributed by atoms with Crippen LogP contribution < -0.4 is 0 Å². The molecule has 0 saturated carbocycles. The number of hydrogen-bond donors (Lipinski definition) is 0. The minimum atomic E-state index is 0.755. The molecule has 0 aromatic heterocycles. The average Bonchev–Trinajstić information content (AvgIpc) is 1.89. The van der Waals surface area contributed by atoms with Crippen molar-refractivity contribution in [3.05, 3.63) is 0 Å². The second-order valence-corrected chi connectivity index (χ2v) is 3.38. The van der Waals surface area contributed by atoms with Crippen LogP contribution in [0.2, 0.25) is 6.04 Å². The van der Waals surface area contributed by atoms with Crippen LogP contribution >= 0.6 is 12.2 Å². The van der Waals surface area contributed by atoms with Crippen molar-refractivity contribution >= 4 is 27.5 Å². The Kier molecular flexibility index (Phi) is 6.30. The van der Waals surface area contributed by atoms with Crippen LogP contribution in [-0.2, 0) is 4.74 Å². The third kappa shape index (κ3) is 5.99. The maximum atomic E-state index is 5.19. The second kappa shape index (κ2) is 6.23. The first kappa shape index (κ1) is 9.11. The monoisotopic (exact) mass is 162 g/mol. The Morgan fingerprint density at radius 2 is 2.33 bits per heavy atom. The van der Waals surface area contributed by atoms with Gasteiger partial charge in [0, 0.05) is 16.7 Å². The van der Waals surface area contributed by atoms with E-state index in [1.165, 1.54) is 22.7 Å². The highest BCUT2D eigenvalue weighted by Gasteiger charge is 1.90. The van der Waals surface area contributed by atoms with Gasteiger partial charge in [-0.25, -0.2) is 0 Å². The standard InChI is InChI=1S/C6H14OSSi/c1-2-6(8)7-4-3-5-9/h2-5H2,1,9H3. The van der Waals surface area contributed by atoms with Gasteiger partial charge < -0.3 is 4.74 Å². The molecule has 0 heterocycles. The quantitative estimate of drug-likeness (QED) is 0.345. The molecule has 0 bridgehead atoms. The largest absolute Gasteiger partial charge is 0.487 e. The Morgan fingerprint density at radius 3 is 2.78 bits per heavy atom. The van der Waals surface area contributed by atoms with Gasteiger partial charge in [-0.15, -0.1) is 0 Å². The molecule has 1 nitrogen and oxygen atoms in total. The lowest BCUT2D eigenvalue weighted by molar-refractivity contribution is 0.306. The molecule has 0 spiro atoms. The van der Waals surface area contributed by atoms with E-state index in [1.54, 1.807) is 0 Å². The SMILES string of the molecule is CCC(=S)OCCC[SiH3]. The van der Waals surface area contributed by atoms with Crippen molar-refractivity contribution in [1.82, 2.24) is 0 Å². The molecule has 54 valence electrons. The van der Waals surface area contributed by atoms with Gasteiger partial charge in [-0.05, 0) is 18.6 Å². The Morgan fingerprint density at radius 1 is 1.67 bits per heavy atom. The van der Waals surface area contributed by atoms with Crippen molar-refractivity contribution in [1.29, 1.82) is 0 Å². The summed E-state index contributed by atoms with van der Waals surface area (Å²) < 4.78 is 5.19. The highest BCUT2D eigenvalue weighted by Crippen LogP contribution is 1.91. The molecular formula is C6H14OSSi. The first-order valence-corrected chi connectivity index (χ1v) is 5.29. The smallest absolute Gasteiger partial charge is 0.159 e. The lowest BCUT2D eigenvalue weighted by Gasteiger charge is -2.02. The van der Waals surface area contributed by atoms with Crippen LogP contribution in [0.15, 0.2) is 0 Å². The second-order valence-electron chi connectivity index (χ2n) is 1.93. The van der Waals surface area contributed by atoms with Crippen LogP contribution in [0.4, 0.5) is 0 Å². The predicted molar refractivity (Wildman–Crippen MR) is 48.2 cm³/mol. The maximum Gasteiger partial charge on any atom is 0.159 e. The zero-order valence-electron chi connectivity index (χ0n) is 6.14. The fraction of sp³-hybridized carbons (Fsp3) is 0.833. The van der Waals surface area contributed by atoms with Gasteiger partial charge in [-0.2, -0.15) is 0 Å². The van der Waals surface area contributed by atoms with Gasteiger partial charge in [-0.1, -0.05) is 13.0 Å². The van der Waals surface area contributed by atoms with E-state index in [1.807, 2.05) is 6.92 Å². The van der Waals surface area contributed by atoms with E-state index < -0.39 is 0 Å². The van der Waals surface area contributed by atoms with Gasteiger partial charge in [0.1, 0.15) is 0 Å². The molecule has 0 aliphatic rings. The molecule has 0 amide bonds. The summed E-state index contributed by atoms with van der Waals surface area (Å²) in [4.78, 5) is 0. The normalized spacial score (nSPS) is 9.44. The minimum absolute atomic E-state index is 0.755. The number of rotatable bonds is 4. The van der Waals surface area contributed by atoms with Crippen LogP contribution in [-0.4, -0.2) is 21.9 Å². The number of thiocarbonyl (C=S) groups is 1. The van der Waals surface area contributed by atoms with Crippen LogP contribution in [0.5, 0.6) is 0 Å². The zero-order chi connectivity index (χ0) is 7.11. The van der Waals surface area contributed by atoms with Crippen molar-refractivity contribution in [3.8, 4) is 0 Å². The highest BCUT2D eigenvalue weighted by atomic mass is 32.1. The Bertz CT molecular complexity index is 85.1. The van der Waals surface area contributed by atoms with Crippen LogP contribution in [0.1, 0.15) is 19.8 Å². The molecular weight excluding hydrogens is 148 g/mol. The fourth-order valence-corrected chi connectivity index (χ4v) is 0.804. The summed E-state index contributed by atoms with van der Waals surface area (Å²) in [6.07, 6.45) is 2.04. The Labute approximate surface area is 65.2 Å². The van der Waals surface area contributed by atoms with Crippen molar-refractivity contribution < 1.29 is 4.74 Å². The minimum Gasteiger partial charge on any atom is -0.487 e. The molecule has 0 aromatic carbocycles. The van der Waals surface area contributed by atoms with Gasteiger partial charge in [-0.3, -0.25) is 0 Å². The third-order valence-corrected chi connectivity index (χ3v) is 2.16. The summed E-state index contributed by atoms with van der Waals surface area (Å²) in [7, 11) is 1.28. The van der Waals surface area contributed by atoms with E-state index in [4.69, 9.17) is 17.0 Å². The summed E-state index contributed by atoms with van der Waals surface area (Å²) >= 11 is 4.86. The average molecular weight is 162 g/mol. The lowest BCUT2D eigenvalue weighted by Crippen LogP contribution is -2.00. The molecule has 0 N–H and O–H groups in total. The Balaban J connectivity index is 2.97. The first-order valence-electron chi connectivity index (χ1n) is 3.46. The Hall–Kier alpha value is 0.107. The summed E-state index contributed by atoms with van der Waals surface area (Å²) in [5.74, 6) is 0. The lowest BCUT2D eigenvalue weighted by atomic mass is 10.5. The van der Waals surface area contributed by atoms with Crippen LogP contribution in [0.25, 0.3) is 0 Å². The highest BCUT2D eigenvalue weighted by molar-refractivity contribution is 7.80. The summed E-state index contributed by atoms with van der Waals surface area (Å²) in [6.45, 7) is 2.85.